The minimum atomic E-state index is -0.164. The Bertz CT molecular complexity index is 456. The van der Waals surface area contributed by atoms with Crippen molar-refractivity contribution in [1.29, 1.82) is 0 Å². The van der Waals surface area contributed by atoms with Crippen molar-refractivity contribution < 1.29 is 4.39 Å². The van der Waals surface area contributed by atoms with Crippen molar-refractivity contribution in [3.8, 4) is 0 Å². The normalized spacial score (nSPS) is 10.7. The summed E-state index contributed by atoms with van der Waals surface area (Å²) >= 11 is 0. The van der Waals surface area contributed by atoms with Gasteiger partial charge in [0.15, 0.2) is 12.2 Å². The standard InChI is InChI=1S/C13H13FN2/c1-16(12-6-8-15-9-7-12)10-11-4-2-3-5-13(11)14/h2-9H,10H2,1H3/q+1. The van der Waals surface area contributed by atoms with E-state index in [0.717, 1.165) is 5.69 Å². The first-order chi connectivity index (χ1) is 7.77. The van der Waals surface area contributed by atoms with Crippen LogP contribution in [0, 0.1) is 5.82 Å². The smallest absolute Gasteiger partial charge is 0.183 e. The van der Waals surface area contributed by atoms with Crippen molar-refractivity contribution >= 4 is 5.69 Å². The fraction of sp³-hybridized carbons (Fsp3) is 0.154. The Kier molecular flexibility index (Phi) is 3.27. The van der Waals surface area contributed by atoms with Crippen molar-refractivity contribution in [2.24, 2.45) is 0 Å². The molecule has 2 nitrogen and oxygen atoms in total. The monoisotopic (exact) mass is 216 g/mol. The predicted molar refractivity (Wildman–Crippen MR) is 62.1 cm³/mol. The van der Waals surface area contributed by atoms with Crippen LogP contribution in [-0.2, 0) is 6.54 Å². The molecule has 2 aromatic rings. The molecular formula is C13H13FN2+. The number of hydrogen-bond acceptors (Lipinski definition) is 2. The Morgan fingerprint density at radius 1 is 1.12 bits per heavy atom. The van der Waals surface area contributed by atoms with E-state index in [4.69, 9.17) is 0 Å². The molecule has 0 N–H and O–H groups in total. The van der Waals surface area contributed by atoms with Gasteiger partial charge in [-0.1, -0.05) is 18.2 Å². The average molecular weight is 216 g/mol. The van der Waals surface area contributed by atoms with Crippen molar-refractivity contribution in [3.05, 3.63) is 60.2 Å². The van der Waals surface area contributed by atoms with Crippen molar-refractivity contribution in [2.45, 2.75) is 6.54 Å². The molecule has 1 heterocycles. The Balaban J connectivity index is 2.14. The second-order valence-corrected chi connectivity index (χ2v) is 3.65. The molecule has 16 heavy (non-hydrogen) atoms. The molecule has 0 unspecified atom stereocenters. The first-order valence-corrected chi connectivity index (χ1v) is 5.12. The van der Waals surface area contributed by atoms with E-state index in [1.165, 1.54) is 6.07 Å². The summed E-state index contributed by atoms with van der Waals surface area (Å²) in [6, 6.07) is 10.6. The fourth-order valence-corrected chi connectivity index (χ4v) is 1.57. The molecular weight excluding hydrogens is 203 g/mol. The van der Waals surface area contributed by atoms with Crippen LogP contribution in [0.4, 0.5) is 10.1 Å². The van der Waals surface area contributed by atoms with Crippen LogP contribution in [-0.4, -0.2) is 12.0 Å². The fourth-order valence-electron chi connectivity index (χ4n) is 1.57. The molecule has 0 amide bonds. The highest BCUT2D eigenvalue weighted by atomic mass is 19.1. The van der Waals surface area contributed by atoms with Crippen molar-refractivity contribution in [2.75, 3.05) is 7.05 Å². The molecule has 0 atom stereocenters. The number of anilines is 1. The Hall–Kier alpha value is -1.74. The lowest BCUT2D eigenvalue weighted by atomic mass is 10.2. The minimum absolute atomic E-state index is 0.164. The van der Waals surface area contributed by atoms with Gasteiger partial charge in [-0.15, -0.1) is 4.90 Å². The summed E-state index contributed by atoms with van der Waals surface area (Å²) in [5.41, 5.74) is 1.72. The molecule has 0 aliphatic rings. The Morgan fingerprint density at radius 3 is 2.50 bits per heavy atom. The zero-order valence-electron chi connectivity index (χ0n) is 9.10. The highest BCUT2D eigenvalue weighted by molar-refractivity contribution is 5.36. The summed E-state index contributed by atoms with van der Waals surface area (Å²) < 4.78 is 13.4. The minimum Gasteiger partial charge on any atom is -0.264 e. The van der Waals surface area contributed by atoms with Gasteiger partial charge in [0.2, 0.25) is 0 Å². The summed E-state index contributed by atoms with van der Waals surface area (Å²) in [6.45, 7) is 0.552. The van der Waals surface area contributed by atoms with Crippen LogP contribution in [0.3, 0.4) is 0 Å². The maximum atomic E-state index is 13.4. The van der Waals surface area contributed by atoms with Gasteiger partial charge in [0.05, 0.1) is 0 Å². The molecule has 0 saturated carbocycles. The quantitative estimate of drug-likeness (QED) is 0.722. The van der Waals surface area contributed by atoms with Gasteiger partial charge in [-0.05, 0) is 6.07 Å². The maximum Gasteiger partial charge on any atom is 0.183 e. The second kappa shape index (κ2) is 4.86. The van der Waals surface area contributed by atoms with Gasteiger partial charge >= 0.3 is 0 Å². The van der Waals surface area contributed by atoms with Crippen molar-refractivity contribution in [1.82, 2.24) is 9.88 Å². The third-order valence-corrected chi connectivity index (χ3v) is 2.47. The summed E-state index contributed by atoms with van der Waals surface area (Å²) in [4.78, 5) is 5.94. The van der Waals surface area contributed by atoms with Crippen LogP contribution < -0.4 is 4.90 Å². The van der Waals surface area contributed by atoms with E-state index in [9.17, 15) is 4.39 Å². The second-order valence-electron chi connectivity index (χ2n) is 3.65. The molecule has 0 saturated heterocycles. The molecule has 1 aromatic carbocycles. The van der Waals surface area contributed by atoms with E-state index < -0.39 is 0 Å². The van der Waals surface area contributed by atoms with Crippen molar-refractivity contribution in [3.63, 3.8) is 0 Å². The number of nitrogens with zero attached hydrogens (tertiary/aromatic N) is 2. The number of halogens is 1. The van der Waals surface area contributed by atoms with Gasteiger partial charge in [0, 0.05) is 30.1 Å². The topological polar surface area (TPSA) is 18.8 Å². The summed E-state index contributed by atoms with van der Waals surface area (Å²) in [5, 5.41) is 0. The van der Waals surface area contributed by atoms with Gasteiger partial charge < -0.3 is 0 Å². The number of benzene rings is 1. The molecule has 0 fully saturated rings. The highest BCUT2D eigenvalue weighted by Gasteiger charge is 2.14. The van der Waals surface area contributed by atoms with Crippen LogP contribution in [0.1, 0.15) is 5.56 Å². The van der Waals surface area contributed by atoms with Crippen LogP contribution in [0.5, 0.6) is 0 Å². The first-order valence-electron chi connectivity index (χ1n) is 5.12. The van der Waals surface area contributed by atoms with E-state index in [2.05, 4.69) is 4.98 Å². The Labute approximate surface area is 94.4 Å². The average Bonchev–Trinajstić information content (AvgIpc) is 2.33. The molecule has 1 radical (unpaired) electrons. The predicted octanol–water partition coefficient (Wildman–Crippen LogP) is 2.82. The summed E-state index contributed by atoms with van der Waals surface area (Å²) in [7, 11) is 1.93. The molecule has 0 bridgehead atoms. The zero-order chi connectivity index (χ0) is 11.4. The number of rotatable bonds is 3. The highest BCUT2D eigenvalue weighted by Crippen LogP contribution is 2.14. The van der Waals surface area contributed by atoms with E-state index in [-0.39, 0.29) is 5.82 Å². The largest absolute Gasteiger partial charge is 0.264 e. The van der Waals surface area contributed by atoms with Crippen LogP contribution in [0.25, 0.3) is 0 Å². The van der Waals surface area contributed by atoms with Crippen LogP contribution >= 0.6 is 0 Å². The van der Waals surface area contributed by atoms with E-state index >= 15 is 0 Å². The van der Waals surface area contributed by atoms with Gasteiger partial charge in [0.1, 0.15) is 12.9 Å². The molecule has 1 aromatic heterocycles. The van der Waals surface area contributed by atoms with Gasteiger partial charge in [0.25, 0.3) is 0 Å². The lowest BCUT2D eigenvalue weighted by Crippen LogP contribution is -2.18. The molecule has 2 rings (SSSR count). The Morgan fingerprint density at radius 2 is 1.81 bits per heavy atom. The molecule has 0 aliphatic heterocycles. The maximum absolute atomic E-state index is 13.4. The van der Waals surface area contributed by atoms with Crippen LogP contribution in [0.2, 0.25) is 0 Å². The molecule has 3 heteroatoms. The number of hydrogen-bond donors (Lipinski definition) is 0. The molecule has 0 aliphatic carbocycles. The van der Waals surface area contributed by atoms with Gasteiger partial charge in [-0.2, -0.15) is 0 Å². The number of pyridine rings is 1. The SMILES string of the molecule is C[N+](Cc1ccccc1F)c1ccncc1. The third kappa shape index (κ3) is 2.44. The number of aromatic nitrogens is 1. The van der Waals surface area contributed by atoms with Gasteiger partial charge in [-0.3, -0.25) is 4.98 Å². The van der Waals surface area contributed by atoms with E-state index in [0.29, 0.717) is 12.1 Å². The van der Waals surface area contributed by atoms with E-state index in [1.807, 2.05) is 30.1 Å². The zero-order valence-corrected chi connectivity index (χ0v) is 9.10. The lowest BCUT2D eigenvalue weighted by Gasteiger charge is -2.06. The van der Waals surface area contributed by atoms with E-state index in [1.54, 1.807) is 24.5 Å². The molecule has 81 valence electrons. The molecule has 0 spiro atoms. The van der Waals surface area contributed by atoms with Crippen LogP contribution in [0.15, 0.2) is 48.8 Å². The lowest BCUT2D eigenvalue weighted by molar-refractivity contribution is 0.562. The summed E-state index contributed by atoms with van der Waals surface area (Å²) in [6.07, 6.45) is 3.46. The summed E-state index contributed by atoms with van der Waals surface area (Å²) in [5.74, 6) is -0.164. The first kappa shape index (κ1) is 10.8. The van der Waals surface area contributed by atoms with Gasteiger partial charge in [-0.25, -0.2) is 4.39 Å². The third-order valence-electron chi connectivity index (χ3n) is 2.47.